The summed E-state index contributed by atoms with van der Waals surface area (Å²) in [6, 6.07) is 4.92. The van der Waals surface area contributed by atoms with Crippen molar-refractivity contribution in [1.29, 1.82) is 0 Å². The minimum atomic E-state index is -4.90. The molecule has 1 aliphatic heterocycles. The Morgan fingerprint density at radius 1 is 1.36 bits per heavy atom. The van der Waals surface area contributed by atoms with E-state index >= 15 is 0 Å². The van der Waals surface area contributed by atoms with E-state index in [4.69, 9.17) is 11.6 Å². The fraction of sp³-hybridized carbons (Fsp3) is 0.533. The second kappa shape index (κ2) is 6.36. The predicted molar refractivity (Wildman–Crippen MR) is 81.6 cm³/mol. The highest BCUT2D eigenvalue weighted by Crippen LogP contribution is 2.34. The number of nitrogens with zero attached hydrogens (tertiary/aromatic N) is 2. The van der Waals surface area contributed by atoms with Gasteiger partial charge in [-0.25, -0.2) is 0 Å². The molecule has 1 saturated heterocycles. The highest BCUT2D eigenvalue weighted by atomic mass is 35.5. The highest BCUT2D eigenvalue weighted by Gasteiger charge is 2.41. The van der Waals surface area contributed by atoms with Crippen LogP contribution in [-0.4, -0.2) is 31.7 Å². The Bertz CT molecular complexity index is 562. The Morgan fingerprint density at radius 2 is 2.05 bits per heavy atom. The first-order chi connectivity index (χ1) is 10.2. The normalized spacial score (nSPS) is 19.2. The fourth-order valence-electron chi connectivity index (χ4n) is 2.70. The van der Waals surface area contributed by atoms with Crippen LogP contribution in [0.3, 0.4) is 0 Å². The Kier molecular flexibility index (Phi) is 4.90. The van der Waals surface area contributed by atoms with E-state index in [1.165, 1.54) is 12.1 Å². The van der Waals surface area contributed by atoms with E-state index < -0.39 is 12.1 Å². The molecular weight excluding hydrogens is 317 g/mol. The third-order valence-electron chi connectivity index (χ3n) is 3.98. The summed E-state index contributed by atoms with van der Waals surface area (Å²) in [5.41, 5.74) is 0.922. The molecule has 22 heavy (non-hydrogen) atoms. The third kappa shape index (κ3) is 3.48. The molecule has 0 aromatic heterocycles. The van der Waals surface area contributed by atoms with E-state index in [9.17, 15) is 18.0 Å². The standard InChI is InChI=1S/C15H18ClF3N2O/c1-10-5-3-4-8-21(10)13-7-6-11(9-12(13)16)20(2)14(22)15(17,18)19/h6-7,9-10H,3-5,8H2,1-2H3/t10-/m1/s1. The number of halogens is 4. The van der Waals surface area contributed by atoms with Gasteiger partial charge in [-0.05, 0) is 44.4 Å². The SMILES string of the molecule is C[C@@H]1CCCCN1c1ccc(N(C)C(=O)C(F)(F)F)cc1Cl. The summed E-state index contributed by atoms with van der Waals surface area (Å²) in [5, 5.41) is 0.355. The largest absolute Gasteiger partial charge is 0.471 e. The van der Waals surface area contributed by atoms with Crippen molar-refractivity contribution in [2.24, 2.45) is 0 Å². The van der Waals surface area contributed by atoms with Gasteiger partial charge in [0.2, 0.25) is 0 Å². The zero-order valence-electron chi connectivity index (χ0n) is 12.5. The number of carbonyl (C=O) groups is 1. The molecular formula is C15H18ClF3N2O. The van der Waals surface area contributed by atoms with Crippen LogP contribution in [0.25, 0.3) is 0 Å². The van der Waals surface area contributed by atoms with Gasteiger partial charge in [-0.3, -0.25) is 4.79 Å². The minimum absolute atomic E-state index is 0.126. The van der Waals surface area contributed by atoms with Crippen LogP contribution < -0.4 is 9.80 Å². The number of hydrogen-bond acceptors (Lipinski definition) is 2. The quantitative estimate of drug-likeness (QED) is 0.807. The lowest BCUT2D eigenvalue weighted by Crippen LogP contribution is -2.39. The Morgan fingerprint density at radius 3 is 2.59 bits per heavy atom. The van der Waals surface area contributed by atoms with Crippen LogP contribution in [-0.2, 0) is 4.79 Å². The molecule has 1 aliphatic rings. The first-order valence-corrected chi connectivity index (χ1v) is 7.50. The molecule has 1 aromatic rings. The van der Waals surface area contributed by atoms with E-state index in [0.717, 1.165) is 38.5 Å². The van der Waals surface area contributed by atoms with Crippen LogP contribution in [0, 0.1) is 0 Å². The van der Waals surface area contributed by atoms with Gasteiger partial charge >= 0.3 is 12.1 Å². The van der Waals surface area contributed by atoms with Crippen LogP contribution in [0.1, 0.15) is 26.2 Å². The van der Waals surface area contributed by atoms with E-state index in [1.54, 1.807) is 6.07 Å². The summed E-state index contributed by atoms with van der Waals surface area (Å²) in [5.74, 6) is -1.91. The van der Waals surface area contributed by atoms with Crippen molar-refractivity contribution in [3.05, 3.63) is 23.2 Å². The average Bonchev–Trinajstić information content (AvgIpc) is 2.45. The van der Waals surface area contributed by atoms with Crippen molar-refractivity contribution in [2.75, 3.05) is 23.4 Å². The molecule has 1 heterocycles. The van der Waals surface area contributed by atoms with Crippen LogP contribution in [0.2, 0.25) is 5.02 Å². The first kappa shape index (κ1) is 16.9. The molecule has 3 nitrogen and oxygen atoms in total. The summed E-state index contributed by atoms with van der Waals surface area (Å²) in [7, 11) is 1.09. The first-order valence-electron chi connectivity index (χ1n) is 7.13. The monoisotopic (exact) mass is 334 g/mol. The molecule has 1 aromatic carbocycles. The topological polar surface area (TPSA) is 23.6 Å². The Labute approximate surface area is 132 Å². The van der Waals surface area contributed by atoms with Gasteiger partial charge in [0.15, 0.2) is 0 Å². The number of hydrogen-bond donors (Lipinski definition) is 0. The number of carbonyl (C=O) groups excluding carboxylic acids is 1. The van der Waals surface area contributed by atoms with Gasteiger partial charge in [0.25, 0.3) is 0 Å². The fourth-order valence-corrected chi connectivity index (χ4v) is 2.98. The smallest absolute Gasteiger partial charge is 0.368 e. The molecule has 0 N–H and O–H groups in total. The molecule has 1 atom stereocenters. The number of piperidine rings is 1. The summed E-state index contributed by atoms with van der Waals surface area (Å²) in [6.45, 7) is 2.97. The summed E-state index contributed by atoms with van der Waals surface area (Å²) < 4.78 is 37.4. The van der Waals surface area contributed by atoms with Crippen LogP contribution >= 0.6 is 11.6 Å². The number of alkyl halides is 3. The Balaban J connectivity index is 2.24. The van der Waals surface area contributed by atoms with E-state index in [2.05, 4.69) is 11.8 Å². The number of rotatable bonds is 2. The molecule has 0 unspecified atom stereocenters. The van der Waals surface area contributed by atoms with Gasteiger partial charge in [0.1, 0.15) is 0 Å². The average molecular weight is 335 g/mol. The lowest BCUT2D eigenvalue weighted by molar-refractivity contribution is -0.170. The van der Waals surface area contributed by atoms with Crippen molar-refractivity contribution in [3.63, 3.8) is 0 Å². The van der Waals surface area contributed by atoms with Gasteiger partial charge in [0, 0.05) is 25.3 Å². The van der Waals surface area contributed by atoms with Crippen molar-refractivity contribution in [3.8, 4) is 0 Å². The van der Waals surface area contributed by atoms with Gasteiger partial charge in [-0.2, -0.15) is 13.2 Å². The molecule has 1 amide bonds. The summed E-state index contributed by atoms with van der Waals surface area (Å²) in [6.07, 6.45) is -1.61. The molecule has 0 radical (unpaired) electrons. The summed E-state index contributed by atoms with van der Waals surface area (Å²) in [4.78, 5) is 14.0. The maximum atomic E-state index is 12.5. The second-order valence-electron chi connectivity index (χ2n) is 5.54. The number of benzene rings is 1. The lowest BCUT2D eigenvalue weighted by Gasteiger charge is -2.36. The summed E-state index contributed by atoms with van der Waals surface area (Å²) >= 11 is 6.23. The van der Waals surface area contributed by atoms with E-state index in [-0.39, 0.29) is 5.69 Å². The predicted octanol–water partition coefficient (Wildman–Crippen LogP) is 4.24. The zero-order valence-corrected chi connectivity index (χ0v) is 13.2. The molecule has 7 heteroatoms. The molecule has 122 valence electrons. The molecule has 0 saturated carbocycles. The molecule has 0 spiro atoms. The third-order valence-corrected chi connectivity index (χ3v) is 4.28. The number of anilines is 2. The van der Waals surface area contributed by atoms with Gasteiger partial charge in [-0.15, -0.1) is 0 Å². The van der Waals surface area contributed by atoms with Crippen molar-refractivity contribution >= 4 is 28.9 Å². The van der Waals surface area contributed by atoms with Crippen LogP contribution in [0.15, 0.2) is 18.2 Å². The van der Waals surface area contributed by atoms with Crippen LogP contribution in [0.4, 0.5) is 24.5 Å². The van der Waals surface area contributed by atoms with Crippen molar-refractivity contribution in [2.45, 2.75) is 38.4 Å². The maximum Gasteiger partial charge on any atom is 0.471 e. The molecule has 0 aliphatic carbocycles. The van der Waals surface area contributed by atoms with Crippen molar-refractivity contribution in [1.82, 2.24) is 0 Å². The van der Waals surface area contributed by atoms with Crippen molar-refractivity contribution < 1.29 is 18.0 Å². The Hall–Kier alpha value is -1.43. The van der Waals surface area contributed by atoms with Gasteiger partial charge in [-0.1, -0.05) is 11.6 Å². The number of amides is 1. The maximum absolute atomic E-state index is 12.5. The minimum Gasteiger partial charge on any atom is -0.368 e. The van der Waals surface area contributed by atoms with Crippen LogP contribution in [0.5, 0.6) is 0 Å². The highest BCUT2D eigenvalue weighted by molar-refractivity contribution is 6.33. The van der Waals surface area contributed by atoms with E-state index in [1.807, 2.05) is 0 Å². The lowest BCUT2D eigenvalue weighted by atomic mass is 10.0. The molecule has 1 fully saturated rings. The zero-order chi connectivity index (χ0) is 16.5. The van der Waals surface area contributed by atoms with Gasteiger partial charge in [0.05, 0.1) is 10.7 Å². The van der Waals surface area contributed by atoms with E-state index in [0.29, 0.717) is 16.0 Å². The van der Waals surface area contributed by atoms with Gasteiger partial charge < -0.3 is 9.80 Å². The molecule has 0 bridgehead atoms. The second-order valence-corrected chi connectivity index (χ2v) is 5.94. The molecule has 2 rings (SSSR count).